The third kappa shape index (κ3) is 2.18. The average Bonchev–Trinajstić information content (AvgIpc) is 2.92. The minimum atomic E-state index is 0.222. The lowest BCUT2D eigenvalue weighted by molar-refractivity contribution is 0.0982. The van der Waals surface area contributed by atoms with E-state index in [1.54, 1.807) is 0 Å². The van der Waals surface area contributed by atoms with Crippen LogP contribution in [0.1, 0.15) is 40.9 Å². The third-order valence-electron chi connectivity index (χ3n) is 2.63. The van der Waals surface area contributed by atoms with Gasteiger partial charge >= 0.3 is 0 Å². The number of hydrogen-bond donors (Lipinski definition) is 0. The summed E-state index contributed by atoms with van der Waals surface area (Å²) in [6.07, 6.45) is 4.34. The summed E-state index contributed by atoms with van der Waals surface area (Å²) in [7, 11) is 0. The summed E-state index contributed by atoms with van der Waals surface area (Å²) in [4.78, 5) is 12.5. The lowest BCUT2D eigenvalue weighted by Crippen LogP contribution is -1.97. The summed E-state index contributed by atoms with van der Waals surface area (Å²) in [5.74, 6) is 1.04. The van der Waals surface area contributed by atoms with E-state index >= 15 is 0 Å². The zero-order valence-electron chi connectivity index (χ0n) is 8.18. The highest BCUT2D eigenvalue weighted by Gasteiger charge is 2.23. The molecule has 0 aliphatic heterocycles. The second kappa shape index (κ2) is 4.03. The number of ketones is 1. The summed E-state index contributed by atoms with van der Waals surface area (Å²) in [6.45, 7) is 1.94. The molecule has 0 aromatic carbocycles. The molecule has 1 aromatic heterocycles. The molecule has 0 radical (unpaired) electrons. The van der Waals surface area contributed by atoms with E-state index in [2.05, 4.69) is 0 Å². The molecular weight excluding hydrogens is 216 g/mol. The van der Waals surface area contributed by atoms with Gasteiger partial charge in [-0.15, -0.1) is 11.3 Å². The maximum atomic E-state index is 11.7. The van der Waals surface area contributed by atoms with Gasteiger partial charge in [0.2, 0.25) is 0 Å². The van der Waals surface area contributed by atoms with E-state index in [0.717, 1.165) is 22.8 Å². The van der Waals surface area contributed by atoms with Crippen molar-refractivity contribution >= 4 is 28.7 Å². The van der Waals surface area contributed by atoms with Gasteiger partial charge in [-0.3, -0.25) is 4.79 Å². The van der Waals surface area contributed by atoms with Crippen LogP contribution in [0, 0.1) is 12.8 Å². The number of aryl methyl sites for hydroxylation is 1. The van der Waals surface area contributed by atoms with Crippen LogP contribution in [0.15, 0.2) is 5.38 Å². The number of hydrogen-bond acceptors (Lipinski definition) is 2. The van der Waals surface area contributed by atoms with Crippen LogP contribution in [0.3, 0.4) is 0 Å². The molecule has 1 fully saturated rings. The topological polar surface area (TPSA) is 17.1 Å². The zero-order valence-corrected chi connectivity index (χ0v) is 9.75. The molecule has 1 saturated carbocycles. The Morgan fingerprint density at radius 3 is 2.86 bits per heavy atom. The standard InChI is InChI=1S/C11H13ClOS/c1-7-6-14-11(10(7)12)9(13)5-4-8-2-3-8/h6,8H,2-5H2,1H3. The lowest BCUT2D eigenvalue weighted by atomic mass is 10.1. The number of carbonyl (C=O) groups is 1. The molecule has 0 spiro atoms. The first kappa shape index (κ1) is 10.2. The molecule has 2 rings (SSSR count). The normalized spacial score (nSPS) is 15.9. The molecule has 0 saturated heterocycles. The summed E-state index contributed by atoms with van der Waals surface area (Å²) >= 11 is 7.50. The minimum absolute atomic E-state index is 0.222. The Morgan fingerprint density at radius 2 is 2.36 bits per heavy atom. The number of rotatable bonds is 4. The second-order valence-corrected chi connectivity index (χ2v) is 5.22. The predicted molar refractivity (Wildman–Crippen MR) is 60.4 cm³/mol. The fourth-order valence-corrected chi connectivity index (χ4v) is 2.74. The Bertz CT molecular complexity index is 352. The van der Waals surface area contributed by atoms with Crippen molar-refractivity contribution in [2.24, 2.45) is 5.92 Å². The molecule has 1 aliphatic carbocycles. The van der Waals surface area contributed by atoms with Crippen molar-refractivity contribution in [3.05, 3.63) is 20.8 Å². The molecule has 0 atom stereocenters. The molecule has 1 aliphatic rings. The van der Waals surface area contributed by atoms with Gasteiger partial charge in [-0.1, -0.05) is 24.4 Å². The van der Waals surface area contributed by atoms with Crippen LogP contribution in [-0.2, 0) is 0 Å². The number of Topliss-reactive ketones (excluding diaryl/α,β-unsaturated/α-hetero) is 1. The first-order valence-electron chi connectivity index (χ1n) is 4.95. The Morgan fingerprint density at radius 1 is 1.64 bits per heavy atom. The van der Waals surface area contributed by atoms with E-state index in [9.17, 15) is 4.79 Å². The fraction of sp³-hybridized carbons (Fsp3) is 0.545. The van der Waals surface area contributed by atoms with Crippen molar-refractivity contribution in [3.63, 3.8) is 0 Å². The Balaban J connectivity index is 1.98. The summed E-state index contributed by atoms with van der Waals surface area (Å²) in [6, 6.07) is 0. The van der Waals surface area contributed by atoms with Crippen molar-refractivity contribution in [3.8, 4) is 0 Å². The van der Waals surface area contributed by atoms with Gasteiger partial charge in [0.25, 0.3) is 0 Å². The van der Waals surface area contributed by atoms with Crippen molar-refractivity contribution in [2.75, 3.05) is 0 Å². The van der Waals surface area contributed by atoms with Crippen molar-refractivity contribution < 1.29 is 4.79 Å². The highest BCUT2D eigenvalue weighted by atomic mass is 35.5. The van der Waals surface area contributed by atoms with Gasteiger partial charge in [0, 0.05) is 6.42 Å². The van der Waals surface area contributed by atoms with E-state index < -0.39 is 0 Å². The Labute approximate surface area is 93.1 Å². The van der Waals surface area contributed by atoms with Crippen LogP contribution in [0.2, 0.25) is 5.02 Å². The Hall–Kier alpha value is -0.340. The van der Waals surface area contributed by atoms with Gasteiger partial charge in [-0.2, -0.15) is 0 Å². The van der Waals surface area contributed by atoms with E-state index in [1.165, 1.54) is 24.2 Å². The van der Waals surface area contributed by atoms with Gasteiger partial charge in [-0.05, 0) is 30.2 Å². The first-order chi connectivity index (χ1) is 6.68. The highest BCUT2D eigenvalue weighted by molar-refractivity contribution is 7.13. The summed E-state index contributed by atoms with van der Waals surface area (Å²) < 4.78 is 0. The molecular formula is C11H13ClOS. The molecule has 76 valence electrons. The summed E-state index contributed by atoms with van der Waals surface area (Å²) in [5.41, 5.74) is 1.02. The van der Waals surface area contributed by atoms with Gasteiger partial charge in [-0.25, -0.2) is 0 Å². The van der Waals surface area contributed by atoms with Crippen molar-refractivity contribution in [1.82, 2.24) is 0 Å². The monoisotopic (exact) mass is 228 g/mol. The van der Waals surface area contributed by atoms with Crippen LogP contribution in [0.25, 0.3) is 0 Å². The highest BCUT2D eigenvalue weighted by Crippen LogP contribution is 2.35. The molecule has 0 bridgehead atoms. The second-order valence-electron chi connectivity index (χ2n) is 3.97. The van der Waals surface area contributed by atoms with Crippen LogP contribution >= 0.6 is 22.9 Å². The van der Waals surface area contributed by atoms with E-state index in [4.69, 9.17) is 11.6 Å². The minimum Gasteiger partial charge on any atom is -0.293 e. The molecule has 3 heteroatoms. The van der Waals surface area contributed by atoms with Crippen LogP contribution in [0.5, 0.6) is 0 Å². The maximum absolute atomic E-state index is 11.7. The van der Waals surface area contributed by atoms with Gasteiger partial charge in [0.05, 0.1) is 9.90 Å². The van der Waals surface area contributed by atoms with E-state index in [1.807, 2.05) is 12.3 Å². The largest absolute Gasteiger partial charge is 0.293 e. The number of carbonyl (C=O) groups excluding carboxylic acids is 1. The maximum Gasteiger partial charge on any atom is 0.174 e. The molecule has 0 amide bonds. The smallest absolute Gasteiger partial charge is 0.174 e. The lowest BCUT2D eigenvalue weighted by Gasteiger charge is -1.97. The van der Waals surface area contributed by atoms with Gasteiger partial charge in [0.1, 0.15) is 0 Å². The van der Waals surface area contributed by atoms with Crippen molar-refractivity contribution in [1.29, 1.82) is 0 Å². The Kier molecular flexibility index (Phi) is 2.93. The van der Waals surface area contributed by atoms with Crippen LogP contribution in [0.4, 0.5) is 0 Å². The first-order valence-corrected chi connectivity index (χ1v) is 6.21. The zero-order chi connectivity index (χ0) is 10.1. The van der Waals surface area contributed by atoms with Crippen molar-refractivity contribution in [2.45, 2.75) is 32.6 Å². The number of halogens is 1. The van der Waals surface area contributed by atoms with Crippen LogP contribution < -0.4 is 0 Å². The van der Waals surface area contributed by atoms with Gasteiger partial charge in [0.15, 0.2) is 5.78 Å². The summed E-state index contributed by atoms with van der Waals surface area (Å²) in [5, 5.41) is 2.61. The molecule has 14 heavy (non-hydrogen) atoms. The van der Waals surface area contributed by atoms with Gasteiger partial charge < -0.3 is 0 Å². The number of thiophene rings is 1. The van der Waals surface area contributed by atoms with E-state index in [0.29, 0.717) is 11.4 Å². The van der Waals surface area contributed by atoms with Crippen LogP contribution in [-0.4, -0.2) is 5.78 Å². The quantitative estimate of drug-likeness (QED) is 0.710. The molecule has 1 heterocycles. The molecule has 0 unspecified atom stereocenters. The average molecular weight is 229 g/mol. The molecule has 1 aromatic rings. The molecule has 1 nitrogen and oxygen atoms in total. The van der Waals surface area contributed by atoms with E-state index in [-0.39, 0.29) is 5.78 Å². The third-order valence-corrected chi connectivity index (χ3v) is 4.37. The predicted octanol–water partition coefficient (Wildman–Crippen LogP) is 4.08. The SMILES string of the molecule is Cc1csc(C(=O)CCC2CC2)c1Cl. The fourth-order valence-electron chi connectivity index (χ4n) is 1.47. The molecule has 0 N–H and O–H groups in total.